The lowest BCUT2D eigenvalue weighted by atomic mass is 10.1. The predicted octanol–water partition coefficient (Wildman–Crippen LogP) is 4.91. The summed E-state index contributed by atoms with van der Waals surface area (Å²) in [7, 11) is -1.07. The Morgan fingerprint density at radius 1 is 0.727 bits per heavy atom. The van der Waals surface area contributed by atoms with Crippen LogP contribution < -0.4 is 19.5 Å². The maximum Gasteiger partial charge on any atom is 0.262 e. The van der Waals surface area contributed by atoms with Crippen LogP contribution in [0.3, 0.4) is 0 Å². The van der Waals surface area contributed by atoms with E-state index in [1.165, 1.54) is 26.4 Å². The summed E-state index contributed by atoms with van der Waals surface area (Å²) in [6.07, 6.45) is 0. The zero-order chi connectivity index (χ0) is 23.4. The Bertz CT molecular complexity index is 1420. The number of anilines is 2. The smallest absolute Gasteiger partial charge is 0.262 e. The topological polar surface area (TPSA) is 93.7 Å². The van der Waals surface area contributed by atoms with E-state index in [0.29, 0.717) is 11.3 Å². The third kappa shape index (κ3) is 4.75. The van der Waals surface area contributed by atoms with Crippen LogP contribution in [0.15, 0.2) is 89.8 Å². The van der Waals surface area contributed by atoms with Crippen molar-refractivity contribution in [3.05, 3.63) is 90.5 Å². The van der Waals surface area contributed by atoms with Crippen molar-refractivity contribution in [2.24, 2.45) is 0 Å². The molecular formula is C25H22N2O5S. The van der Waals surface area contributed by atoms with Crippen molar-refractivity contribution in [1.82, 2.24) is 0 Å². The second-order valence-corrected chi connectivity index (χ2v) is 8.87. The lowest BCUT2D eigenvalue weighted by molar-refractivity contribution is 0.102. The summed E-state index contributed by atoms with van der Waals surface area (Å²) in [6.45, 7) is 0. The highest BCUT2D eigenvalue weighted by Gasteiger charge is 2.20. The van der Waals surface area contributed by atoms with Gasteiger partial charge in [-0.2, -0.15) is 0 Å². The summed E-state index contributed by atoms with van der Waals surface area (Å²) in [4.78, 5) is 12.7. The third-order valence-corrected chi connectivity index (χ3v) is 6.44. The average molecular weight is 463 g/mol. The predicted molar refractivity (Wildman–Crippen MR) is 129 cm³/mol. The van der Waals surface area contributed by atoms with E-state index >= 15 is 0 Å². The van der Waals surface area contributed by atoms with Crippen LogP contribution >= 0.6 is 0 Å². The number of sulfonamides is 1. The highest BCUT2D eigenvalue weighted by atomic mass is 32.2. The highest BCUT2D eigenvalue weighted by molar-refractivity contribution is 7.92. The molecule has 0 aliphatic rings. The number of methoxy groups -OCH3 is 2. The maximum atomic E-state index is 13.1. The van der Waals surface area contributed by atoms with E-state index in [4.69, 9.17) is 9.47 Å². The van der Waals surface area contributed by atoms with Gasteiger partial charge in [0.05, 0.1) is 30.5 Å². The SMILES string of the molecule is COc1cc(NS(=O)(=O)c2ccc3ccccc3c2)c(OC)cc1NC(=O)c1ccccc1. The number of hydrogen-bond donors (Lipinski definition) is 2. The number of carbonyl (C=O) groups is 1. The first-order chi connectivity index (χ1) is 15.9. The van der Waals surface area contributed by atoms with Gasteiger partial charge in [0.25, 0.3) is 15.9 Å². The maximum absolute atomic E-state index is 13.1. The number of ether oxygens (including phenoxy) is 2. The van der Waals surface area contributed by atoms with Crippen molar-refractivity contribution in [2.75, 3.05) is 24.3 Å². The molecule has 0 bridgehead atoms. The summed E-state index contributed by atoms with van der Waals surface area (Å²) in [6, 6.07) is 24.1. The van der Waals surface area contributed by atoms with Gasteiger partial charge in [-0.1, -0.05) is 48.5 Å². The van der Waals surface area contributed by atoms with Gasteiger partial charge in [-0.05, 0) is 35.0 Å². The Hall–Kier alpha value is -4.04. The zero-order valence-corrected chi connectivity index (χ0v) is 18.8. The summed E-state index contributed by atoms with van der Waals surface area (Å²) in [5.41, 5.74) is 0.997. The largest absolute Gasteiger partial charge is 0.494 e. The standard InChI is InChI=1S/C25H22N2O5S/c1-31-23-16-22(24(32-2)15-21(23)26-25(28)18-9-4-3-5-10-18)27-33(29,30)20-13-12-17-8-6-7-11-19(17)14-20/h3-16,27H,1-2H3,(H,26,28). The Morgan fingerprint density at radius 2 is 1.33 bits per heavy atom. The molecule has 4 rings (SSSR count). The normalized spacial score (nSPS) is 11.1. The van der Waals surface area contributed by atoms with Crippen LogP contribution in [-0.4, -0.2) is 28.5 Å². The summed E-state index contributed by atoms with van der Waals surface area (Å²) in [5.74, 6) is 0.167. The van der Waals surface area contributed by atoms with Crippen molar-refractivity contribution < 1.29 is 22.7 Å². The minimum atomic E-state index is -3.91. The molecule has 7 nitrogen and oxygen atoms in total. The Kier molecular flexibility index (Phi) is 6.19. The summed E-state index contributed by atoms with van der Waals surface area (Å²) < 4.78 is 39.5. The van der Waals surface area contributed by atoms with E-state index in [-0.39, 0.29) is 28.0 Å². The van der Waals surface area contributed by atoms with Gasteiger partial charge in [0.2, 0.25) is 0 Å². The molecule has 0 aliphatic heterocycles. The first-order valence-electron chi connectivity index (χ1n) is 10.1. The molecule has 0 aliphatic carbocycles. The van der Waals surface area contributed by atoms with Crippen LogP contribution in [0.5, 0.6) is 11.5 Å². The van der Waals surface area contributed by atoms with Gasteiger partial charge < -0.3 is 14.8 Å². The molecule has 4 aromatic carbocycles. The minimum absolute atomic E-state index is 0.115. The van der Waals surface area contributed by atoms with Crippen molar-refractivity contribution in [3.8, 4) is 11.5 Å². The molecule has 0 spiro atoms. The minimum Gasteiger partial charge on any atom is -0.494 e. The number of benzene rings is 4. The van der Waals surface area contributed by atoms with E-state index in [9.17, 15) is 13.2 Å². The van der Waals surface area contributed by atoms with Gasteiger partial charge in [-0.3, -0.25) is 9.52 Å². The van der Waals surface area contributed by atoms with Crippen molar-refractivity contribution >= 4 is 38.1 Å². The number of rotatable bonds is 7. The molecule has 0 atom stereocenters. The molecule has 33 heavy (non-hydrogen) atoms. The van der Waals surface area contributed by atoms with Gasteiger partial charge in [0.15, 0.2) is 0 Å². The van der Waals surface area contributed by atoms with Crippen molar-refractivity contribution in [3.63, 3.8) is 0 Å². The molecule has 0 aromatic heterocycles. The zero-order valence-electron chi connectivity index (χ0n) is 18.0. The van der Waals surface area contributed by atoms with E-state index in [1.54, 1.807) is 42.5 Å². The molecule has 1 amide bonds. The van der Waals surface area contributed by atoms with Crippen LogP contribution in [0.2, 0.25) is 0 Å². The fourth-order valence-electron chi connectivity index (χ4n) is 3.40. The molecule has 0 saturated carbocycles. The van der Waals surface area contributed by atoms with Crippen LogP contribution in [0.25, 0.3) is 10.8 Å². The monoisotopic (exact) mass is 462 g/mol. The van der Waals surface area contributed by atoms with E-state index < -0.39 is 10.0 Å². The number of fused-ring (bicyclic) bond motifs is 1. The molecule has 0 unspecified atom stereocenters. The molecule has 0 fully saturated rings. The summed E-state index contributed by atoms with van der Waals surface area (Å²) in [5, 5.41) is 4.52. The Morgan fingerprint density at radius 3 is 2.03 bits per heavy atom. The molecule has 0 heterocycles. The lowest BCUT2D eigenvalue weighted by Gasteiger charge is -2.17. The second-order valence-electron chi connectivity index (χ2n) is 7.19. The highest BCUT2D eigenvalue weighted by Crippen LogP contribution is 2.38. The van der Waals surface area contributed by atoms with Gasteiger partial charge in [-0.25, -0.2) is 8.42 Å². The number of hydrogen-bond acceptors (Lipinski definition) is 5. The second kappa shape index (κ2) is 9.22. The van der Waals surface area contributed by atoms with Crippen molar-refractivity contribution in [2.45, 2.75) is 4.90 Å². The van der Waals surface area contributed by atoms with Crippen molar-refractivity contribution in [1.29, 1.82) is 0 Å². The molecule has 4 aromatic rings. The van der Waals surface area contributed by atoms with Gasteiger partial charge in [0.1, 0.15) is 11.5 Å². The van der Waals surface area contributed by atoms with Crippen LogP contribution in [-0.2, 0) is 10.0 Å². The number of nitrogens with one attached hydrogen (secondary N) is 2. The first-order valence-corrected chi connectivity index (χ1v) is 11.5. The van der Waals surface area contributed by atoms with E-state index in [0.717, 1.165) is 10.8 Å². The van der Waals surface area contributed by atoms with Crippen LogP contribution in [0.1, 0.15) is 10.4 Å². The number of amides is 1. The molecule has 2 N–H and O–H groups in total. The molecule has 0 saturated heterocycles. The van der Waals surface area contributed by atoms with Crippen LogP contribution in [0.4, 0.5) is 11.4 Å². The molecule has 168 valence electrons. The van der Waals surface area contributed by atoms with Gasteiger partial charge in [0, 0.05) is 17.7 Å². The number of carbonyl (C=O) groups excluding carboxylic acids is 1. The molecule has 0 radical (unpaired) electrons. The molecule has 8 heteroatoms. The van der Waals surface area contributed by atoms with E-state index in [2.05, 4.69) is 10.0 Å². The Labute approximate surface area is 192 Å². The van der Waals surface area contributed by atoms with Gasteiger partial charge in [-0.15, -0.1) is 0 Å². The quantitative estimate of drug-likeness (QED) is 0.407. The lowest BCUT2D eigenvalue weighted by Crippen LogP contribution is -2.15. The van der Waals surface area contributed by atoms with E-state index in [1.807, 2.05) is 30.3 Å². The third-order valence-electron chi connectivity index (χ3n) is 5.08. The average Bonchev–Trinajstić information content (AvgIpc) is 2.84. The van der Waals surface area contributed by atoms with Crippen LogP contribution in [0, 0.1) is 0 Å². The Balaban J connectivity index is 1.66. The fraction of sp³-hybridized carbons (Fsp3) is 0.0800. The first kappa shape index (κ1) is 22.2. The van der Waals surface area contributed by atoms with Gasteiger partial charge >= 0.3 is 0 Å². The fourth-order valence-corrected chi connectivity index (χ4v) is 4.49. The molecular weight excluding hydrogens is 440 g/mol. The summed E-state index contributed by atoms with van der Waals surface area (Å²) >= 11 is 0.